The van der Waals surface area contributed by atoms with E-state index in [4.69, 9.17) is 13.9 Å². The van der Waals surface area contributed by atoms with Crippen LogP contribution >= 0.6 is 0 Å². The lowest BCUT2D eigenvalue weighted by atomic mass is 10.2. The predicted octanol–water partition coefficient (Wildman–Crippen LogP) is 3.01. The summed E-state index contributed by atoms with van der Waals surface area (Å²) in [7, 11) is 0. The molecule has 0 aliphatic rings. The number of ether oxygens (including phenoxy) is 2. The monoisotopic (exact) mass is 234 g/mol. The van der Waals surface area contributed by atoms with Crippen molar-refractivity contribution < 1.29 is 18.7 Å². The van der Waals surface area contributed by atoms with Crippen molar-refractivity contribution >= 4 is 16.9 Å². The van der Waals surface area contributed by atoms with Gasteiger partial charge in [0.2, 0.25) is 5.76 Å². The van der Waals surface area contributed by atoms with Crippen LogP contribution in [0, 0.1) is 0 Å². The molecule has 0 saturated heterocycles. The summed E-state index contributed by atoms with van der Waals surface area (Å²) in [5.74, 6) is 0.536. The molecule has 4 heteroatoms. The summed E-state index contributed by atoms with van der Waals surface area (Å²) in [5.41, 5.74) is 0.650. The maximum absolute atomic E-state index is 11.5. The minimum Gasteiger partial charge on any atom is -0.494 e. The fourth-order valence-corrected chi connectivity index (χ4v) is 1.58. The number of benzene rings is 1. The van der Waals surface area contributed by atoms with E-state index in [0.29, 0.717) is 18.8 Å². The van der Waals surface area contributed by atoms with Gasteiger partial charge in [-0.2, -0.15) is 0 Å². The molecule has 2 rings (SSSR count). The molecule has 0 fully saturated rings. The smallest absolute Gasteiger partial charge is 0.374 e. The predicted molar refractivity (Wildman–Crippen MR) is 63.3 cm³/mol. The topological polar surface area (TPSA) is 48.7 Å². The molecule has 0 N–H and O–H groups in total. The van der Waals surface area contributed by atoms with E-state index in [1.165, 1.54) is 0 Å². The van der Waals surface area contributed by atoms with Gasteiger partial charge in [0.15, 0.2) is 0 Å². The van der Waals surface area contributed by atoms with Gasteiger partial charge in [-0.1, -0.05) is 0 Å². The molecule has 2 aromatic rings. The average Bonchev–Trinajstić information content (AvgIpc) is 2.73. The lowest BCUT2D eigenvalue weighted by Crippen LogP contribution is -2.02. The van der Waals surface area contributed by atoms with Crippen LogP contribution in [0.2, 0.25) is 0 Å². The van der Waals surface area contributed by atoms with Crippen molar-refractivity contribution in [3.63, 3.8) is 0 Å². The third kappa shape index (κ3) is 2.41. The van der Waals surface area contributed by atoms with Crippen molar-refractivity contribution in [1.29, 1.82) is 0 Å². The van der Waals surface area contributed by atoms with Gasteiger partial charge in [0.1, 0.15) is 11.3 Å². The first-order valence-electron chi connectivity index (χ1n) is 5.58. The van der Waals surface area contributed by atoms with Crippen molar-refractivity contribution in [1.82, 2.24) is 0 Å². The van der Waals surface area contributed by atoms with E-state index in [-0.39, 0.29) is 5.76 Å². The summed E-state index contributed by atoms with van der Waals surface area (Å²) in [6.45, 7) is 4.62. The fourth-order valence-electron chi connectivity index (χ4n) is 1.58. The number of rotatable bonds is 4. The van der Waals surface area contributed by atoms with Crippen LogP contribution in [0.15, 0.2) is 28.7 Å². The molecule has 0 aliphatic carbocycles. The van der Waals surface area contributed by atoms with Gasteiger partial charge in [-0.25, -0.2) is 4.79 Å². The van der Waals surface area contributed by atoms with Crippen LogP contribution in [0.25, 0.3) is 11.0 Å². The van der Waals surface area contributed by atoms with E-state index < -0.39 is 5.97 Å². The molecule has 0 radical (unpaired) electrons. The Hall–Kier alpha value is -1.97. The van der Waals surface area contributed by atoms with E-state index in [1.807, 2.05) is 19.1 Å². The first-order chi connectivity index (χ1) is 8.24. The number of carbonyl (C=O) groups excluding carboxylic acids is 1. The molecule has 1 heterocycles. The second-order valence-corrected chi connectivity index (χ2v) is 3.46. The molecule has 1 aromatic heterocycles. The number of fused-ring (bicyclic) bond motifs is 1. The van der Waals surface area contributed by atoms with E-state index in [2.05, 4.69) is 0 Å². The van der Waals surface area contributed by atoms with Crippen molar-refractivity contribution in [3.8, 4) is 5.75 Å². The lowest BCUT2D eigenvalue weighted by Gasteiger charge is -2.00. The van der Waals surface area contributed by atoms with Gasteiger partial charge in [0.05, 0.1) is 13.2 Å². The van der Waals surface area contributed by atoms with E-state index in [9.17, 15) is 4.79 Å². The van der Waals surface area contributed by atoms with Crippen LogP contribution in [0.3, 0.4) is 0 Å². The third-order valence-electron chi connectivity index (χ3n) is 2.28. The Morgan fingerprint density at radius 3 is 2.76 bits per heavy atom. The Bertz CT molecular complexity index is 527. The van der Waals surface area contributed by atoms with Gasteiger partial charge in [-0.15, -0.1) is 0 Å². The van der Waals surface area contributed by atoms with Gasteiger partial charge in [0.25, 0.3) is 0 Å². The summed E-state index contributed by atoms with van der Waals surface area (Å²) in [6, 6.07) is 7.09. The Morgan fingerprint density at radius 1 is 1.24 bits per heavy atom. The Balaban J connectivity index is 2.33. The Kier molecular flexibility index (Phi) is 3.32. The van der Waals surface area contributed by atoms with Gasteiger partial charge in [-0.3, -0.25) is 0 Å². The molecule has 90 valence electrons. The normalized spacial score (nSPS) is 10.5. The highest BCUT2D eigenvalue weighted by Gasteiger charge is 2.13. The maximum Gasteiger partial charge on any atom is 0.374 e. The largest absolute Gasteiger partial charge is 0.494 e. The average molecular weight is 234 g/mol. The number of furan rings is 1. The fraction of sp³-hybridized carbons (Fsp3) is 0.308. The molecule has 0 saturated carbocycles. The number of carbonyl (C=O) groups is 1. The molecule has 0 bridgehead atoms. The van der Waals surface area contributed by atoms with Crippen LogP contribution in [0.1, 0.15) is 24.4 Å². The summed E-state index contributed by atoms with van der Waals surface area (Å²) in [6.07, 6.45) is 0. The highest BCUT2D eigenvalue weighted by molar-refractivity contribution is 5.92. The van der Waals surface area contributed by atoms with Gasteiger partial charge in [0, 0.05) is 5.39 Å². The number of esters is 1. The minimum atomic E-state index is -0.443. The summed E-state index contributed by atoms with van der Waals surface area (Å²) in [5, 5.41) is 0.832. The van der Waals surface area contributed by atoms with E-state index in [1.54, 1.807) is 19.1 Å². The minimum absolute atomic E-state index is 0.218. The second kappa shape index (κ2) is 4.91. The van der Waals surface area contributed by atoms with Gasteiger partial charge < -0.3 is 13.9 Å². The van der Waals surface area contributed by atoms with Crippen LogP contribution in [0.4, 0.5) is 0 Å². The Labute approximate surface area is 99.1 Å². The first kappa shape index (κ1) is 11.5. The third-order valence-corrected chi connectivity index (χ3v) is 2.28. The van der Waals surface area contributed by atoms with E-state index in [0.717, 1.165) is 11.1 Å². The molecule has 4 nitrogen and oxygen atoms in total. The lowest BCUT2D eigenvalue weighted by molar-refractivity contribution is 0.0492. The van der Waals surface area contributed by atoms with Crippen LogP contribution in [-0.2, 0) is 4.74 Å². The molecule has 0 atom stereocenters. The van der Waals surface area contributed by atoms with Crippen molar-refractivity contribution in [2.45, 2.75) is 13.8 Å². The quantitative estimate of drug-likeness (QED) is 0.763. The number of hydrogen-bond acceptors (Lipinski definition) is 4. The van der Waals surface area contributed by atoms with Gasteiger partial charge in [-0.05, 0) is 38.1 Å². The molecular formula is C13H14O4. The summed E-state index contributed by atoms with van der Waals surface area (Å²) in [4.78, 5) is 11.5. The molecule has 1 aromatic carbocycles. The molecule has 0 unspecified atom stereocenters. The van der Waals surface area contributed by atoms with Gasteiger partial charge >= 0.3 is 5.97 Å². The molecule has 0 amide bonds. The zero-order valence-electron chi connectivity index (χ0n) is 9.86. The maximum atomic E-state index is 11.5. The standard InChI is InChI=1S/C13H14O4/c1-3-15-10-5-6-11-9(7-10)8-12(17-11)13(14)16-4-2/h5-8H,3-4H2,1-2H3. The highest BCUT2D eigenvalue weighted by atomic mass is 16.5. The van der Waals surface area contributed by atoms with Crippen LogP contribution in [-0.4, -0.2) is 19.2 Å². The second-order valence-electron chi connectivity index (χ2n) is 3.46. The zero-order chi connectivity index (χ0) is 12.3. The first-order valence-corrected chi connectivity index (χ1v) is 5.58. The summed E-state index contributed by atoms with van der Waals surface area (Å²) >= 11 is 0. The SMILES string of the molecule is CCOC(=O)c1cc2cc(OCC)ccc2o1. The van der Waals surface area contributed by atoms with Crippen molar-refractivity contribution in [2.75, 3.05) is 13.2 Å². The van der Waals surface area contributed by atoms with Crippen molar-refractivity contribution in [2.24, 2.45) is 0 Å². The molecule has 0 spiro atoms. The van der Waals surface area contributed by atoms with Crippen LogP contribution < -0.4 is 4.74 Å². The van der Waals surface area contributed by atoms with Crippen LogP contribution in [0.5, 0.6) is 5.75 Å². The molecular weight excluding hydrogens is 220 g/mol. The van der Waals surface area contributed by atoms with E-state index >= 15 is 0 Å². The zero-order valence-corrected chi connectivity index (χ0v) is 9.86. The molecule has 0 aliphatic heterocycles. The summed E-state index contributed by atoms with van der Waals surface area (Å²) < 4.78 is 15.6. The number of hydrogen-bond donors (Lipinski definition) is 0. The Morgan fingerprint density at radius 2 is 2.06 bits per heavy atom. The highest BCUT2D eigenvalue weighted by Crippen LogP contribution is 2.24. The molecule has 17 heavy (non-hydrogen) atoms. The van der Waals surface area contributed by atoms with Crippen molar-refractivity contribution in [3.05, 3.63) is 30.0 Å².